The van der Waals surface area contributed by atoms with E-state index < -0.39 is 24.2 Å². The molecule has 0 N–H and O–H groups in total. The van der Waals surface area contributed by atoms with Crippen molar-refractivity contribution in [2.45, 2.75) is 25.4 Å². The van der Waals surface area contributed by atoms with Gasteiger partial charge in [0, 0.05) is 0 Å². The lowest BCUT2D eigenvalue weighted by Crippen LogP contribution is -2.45. The van der Waals surface area contributed by atoms with Gasteiger partial charge >= 0.3 is 12.3 Å². The Labute approximate surface area is 93.0 Å². The largest absolute Gasteiger partial charge is 0.439 e. The van der Waals surface area contributed by atoms with E-state index in [-0.39, 0.29) is 0 Å². The molecule has 0 aliphatic rings. The van der Waals surface area contributed by atoms with Crippen molar-refractivity contribution in [2.24, 2.45) is 0 Å². The summed E-state index contributed by atoms with van der Waals surface area (Å²) in [6.45, 7) is 1.53. The van der Waals surface area contributed by atoms with Crippen molar-refractivity contribution in [3.05, 3.63) is 29.8 Å². The number of halogens is 6. The third-order valence-corrected chi connectivity index (χ3v) is 1.83. The number of benzene rings is 1. The zero-order valence-electron chi connectivity index (χ0n) is 8.56. The lowest BCUT2D eigenvalue weighted by atomic mass is 10.2. The normalized spacial score (nSPS) is 14.5. The van der Waals surface area contributed by atoms with Crippen LogP contribution < -0.4 is 4.74 Å². The minimum Gasteiger partial charge on any atom is -0.430 e. The second-order valence-corrected chi connectivity index (χ2v) is 3.38. The van der Waals surface area contributed by atoms with E-state index in [1.165, 1.54) is 19.1 Å². The molecule has 1 rings (SSSR count). The minimum absolute atomic E-state index is 0.501. The van der Waals surface area contributed by atoms with E-state index in [0.717, 1.165) is 12.1 Å². The molecule has 7 heteroatoms. The Bertz CT molecular complexity index is 387. The van der Waals surface area contributed by atoms with Crippen LogP contribution in [0.5, 0.6) is 5.75 Å². The molecule has 0 heterocycles. The van der Waals surface area contributed by atoms with Gasteiger partial charge in [-0.1, -0.05) is 12.1 Å². The Morgan fingerprint density at radius 1 is 1.12 bits per heavy atom. The van der Waals surface area contributed by atoms with Gasteiger partial charge in [-0.3, -0.25) is 0 Å². The van der Waals surface area contributed by atoms with Gasteiger partial charge in [-0.05, 0) is 24.6 Å². The maximum Gasteiger partial charge on any atom is 0.439 e. The van der Waals surface area contributed by atoms with Crippen molar-refractivity contribution < 1.29 is 31.1 Å². The number of rotatable bonds is 3. The monoisotopic (exact) mass is 258 g/mol. The third-order valence-electron chi connectivity index (χ3n) is 1.83. The first-order valence-electron chi connectivity index (χ1n) is 4.47. The summed E-state index contributed by atoms with van der Waals surface area (Å²) in [7, 11) is 0. The van der Waals surface area contributed by atoms with Crippen molar-refractivity contribution in [1.82, 2.24) is 0 Å². The van der Waals surface area contributed by atoms with Crippen LogP contribution in [0.3, 0.4) is 0 Å². The Balaban J connectivity index is 2.86. The molecule has 17 heavy (non-hydrogen) atoms. The van der Waals surface area contributed by atoms with Gasteiger partial charge in [-0.15, -0.1) is 0 Å². The first kappa shape index (κ1) is 13.7. The number of aryl methyl sites for hydroxylation is 1. The highest BCUT2D eigenvalue weighted by Gasteiger charge is 2.59. The molecule has 1 unspecified atom stereocenters. The van der Waals surface area contributed by atoms with Crippen LogP contribution in [0.1, 0.15) is 5.56 Å². The van der Waals surface area contributed by atoms with Crippen molar-refractivity contribution in [1.29, 1.82) is 0 Å². The van der Waals surface area contributed by atoms with Gasteiger partial charge in [0.1, 0.15) is 5.75 Å². The van der Waals surface area contributed by atoms with Gasteiger partial charge in [0.25, 0.3) is 6.17 Å². The highest BCUT2D eigenvalue weighted by Crippen LogP contribution is 2.36. The molecule has 0 amide bonds. The lowest BCUT2D eigenvalue weighted by molar-refractivity contribution is -0.304. The Kier molecular flexibility index (Phi) is 3.59. The maximum absolute atomic E-state index is 12.8. The standard InChI is InChI=1S/C10H8F6O/c1-6-3-2-4-7(5-6)17-10(15,16)8(11)9(12,13)14/h2-5,8H,1H3. The van der Waals surface area contributed by atoms with Crippen molar-refractivity contribution in [2.75, 3.05) is 0 Å². The average Bonchev–Trinajstić information content (AvgIpc) is 2.14. The molecule has 1 atom stereocenters. The van der Waals surface area contributed by atoms with E-state index in [4.69, 9.17) is 0 Å². The van der Waals surface area contributed by atoms with E-state index in [0.29, 0.717) is 5.56 Å². The lowest BCUT2D eigenvalue weighted by Gasteiger charge is -2.23. The smallest absolute Gasteiger partial charge is 0.430 e. The molecule has 0 aliphatic heterocycles. The van der Waals surface area contributed by atoms with Crippen LogP contribution in [0.25, 0.3) is 0 Å². The van der Waals surface area contributed by atoms with Crippen LogP contribution in [0, 0.1) is 6.92 Å². The summed E-state index contributed by atoms with van der Waals surface area (Å²) in [6, 6.07) is 4.93. The van der Waals surface area contributed by atoms with Crippen LogP contribution in [-0.4, -0.2) is 18.5 Å². The van der Waals surface area contributed by atoms with E-state index in [1.807, 2.05) is 0 Å². The molecule has 0 fully saturated rings. The number of hydrogen-bond donors (Lipinski definition) is 0. The summed E-state index contributed by atoms with van der Waals surface area (Å²) in [5, 5.41) is 0. The summed E-state index contributed by atoms with van der Waals surface area (Å²) in [5.41, 5.74) is 0.501. The van der Waals surface area contributed by atoms with E-state index in [9.17, 15) is 26.3 Å². The van der Waals surface area contributed by atoms with E-state index >= 15 is 0 Å². The predicted molar refractivity (Wildman–Crippen MR) is 47.7 cm³/mol. The summed E-state index contributed by atoms with van der Waals surface area (Å²) < 4.78 is 77.2. The van der Waals surface area contributed by atoms with Crippen molar-refractivity contribution >= 4 is 0 Å². The Hall–Kier alpha value is -1.40. The zero-order chi connectivity index (χ0) is 13.3. The molecule has 0 spiro atoms. The van der Waals surface area contributed by atoms with Crippen LogP contribution in [0.15, 0.2) is 24.3 Å². The number of hydrogen-bond acceptors (Lipinski definition) is 1. The fourth-order valence-corrected chi connectivity index (χ4v) is 1.08. The molecular formula is C10H8F6O. The predicted octanol–water partition coefficient (Wildman–Crippen LogP) is 3.87. The highest BCUT2D eigenvalue weighted by atomic mass is 19.4. The van der Waals surface area contributed by atoms with E-state index in [1.54, 1.807) is 0 Å². The molecule has 1 aromatic carbocycles. The molecule has 0 aromatic heterocycles. The molecule has 0 saturated heterocycles. The highest BCUT2D eigenvalue weighted by molar-refractivity contribution is 5.27. The fraction of sp³-hybridized carbons (Fsp3) is 0.400. The van der Waals surface area contributed by atoms with Crippen molar-refractivity contribution in [3.63, 3.8) is 0 Å². The van der Waals surface area contributed by atoms with Gasteiger partial charge in [-0.2, -0.15) is 22.0 Å². The van der Waals surface area contributed by atoms with Crippen LogP contribution in [0.4, 0.5) is 26.3 Å². The van der Waals surface area contributed by atoms with Gasteiger partial charge < -0.3 is 4.74 Å². The molecule has 96 valence electrons. The second kappa shape index (κ2) is 4.46. The molecular weight excluding hydrogens is 250 g/mol. The van der Waals surface area contributed by atoms with Crippen molar-refractivity contribution in [3.8, 4) is 5.75 Å². The molecule has 0 aliphatic carbocycles. The number of ether oxygens (including phenoxy) is 1. The Morgan fingerprint density at radius 3 is 2.18 bits per heavy atom. The minimum atomic E-state index is -5.67. The van der Waals surface area contributed by atoms with Crippen LogP contribution >= 0.6 is 0 Å². The first-order valence-corrected chi connectivity index (χ1v) is 4.47. The second-order valence-electron chi connectivity index (χ2n) is 3.38. The van der Waals surface area contributed by atoms with Crippen LogP contribution in [0.2, 0.25) is 0 Å². The molecule has 0 bridgehead atoms. The summed E-state index contributed by atoms with van der Waals surface area (Å²) in [4.78, 5) is 0. The van der Waals surface area contributed by atoms with Gasteiger partial charge in [0.2, 0.25) is 0 Å². The van der Waals surface area contributed by atoms with Gasteiger partial charge in [-0.25, -0.2) is 4.39 Å². The summed E-state index contributed by atoms with van der Waals surface area (Å²) >= 11 is 0. The fourth-order valence-electron chi connectivity index (χ4n) is 1.08. The first-order chi connectivity index (χ1) is 7.63. The van der Waals surface area contributed by atoms with Gasteiger partial charge in [0.15, 0.2) is 0 Å². The van der Waals surface area contributed by atoms with Crippen LogP contribution in [-0.2, 0) is 0 Å². The maximum atomic E-state index is 12.8. The third kappa shape index (κ3) is 3.54. The molecule has 1 nitrogen and oxygen atoms in total. The molecule has 1 aromatic rings. The topological polar surface area (TPSA) is 9.23 Å². The zero-order valence-corrected chi connectivity index (χ0v) is 8.56. The number of alkyl halides is 6. The quantitative estimate of drug-likeness (QED) is 0.748. The Morgan fingerprint density at radius 2 is 1.71 bits per heavy atom. The SMILES string of the molecule is Cc1cccc(OC(F)(F)C(F)C(F)(F)F)c1. The summed E-state index contributed by atoms with van der Waals surface area (Å²) in [6.07, 6.45) is -15.0. The summed E-state index contributed by atoms with van der Waals surface area (Å²) in [5.74, 6) is -0.526. The molecule has 0 radical (unpaired) electrons. The van der Waals surface area contributed by atoms with Gasteiger partial charge in [0.05, 0.1) is 0 Å². The average molecular weight is 258 g/mol. The molecule has 0 saturated carbocycles. The van der Waals surface area contributed by atoms with E-state index in [2.05, 4.69) is 4.74 Å².